The summed E-state index contributed by atoms with van der Waals surface area (Å²) in [5.41, 5.74) is 8.19. The summed E-state index contributed by atoms with van der Waals surface area (Å²) in [6, 6.07) is 5.62. The van der Waals surface area contributed by atoms with Gasteiger partial charge in [-0.15, -0.1) is 0 Å². The summed E-state index contributed by atoms with van der Waals surface area (Å²) < 4.78 is 5.74. The van der Waals surface area contributed by atoms with Crippen molar-refractivity contribution in [2.45, 2.75) is 31.6 Å². The standard InChI is InChI=1S/C12H14N2O/c13-9-5-6-11-10(7-9)14-12(15-11)8-3-1-2-4-8/h5-8H,1-4,13H2. The van der Waals surface area contributed by atoms with E-state index < -0.39 is 0 Å². The molecule has 78 valence electrons. The highest BCUT2D eigenvalue weighted by molar-refractivity contribution is 5.76. The SMILES string of the molecule is Nc1ccc2oc(C3CCCC3)nc2c1. The molecule has 1 aromatic carbocycles. The first kappa shape index (κ1) is 8.77. The molecule has 0 amide bonds. The quantitative estimate of drug-likeness (QED) is 0.723. The van der Waals surface area contributed by atoms with Gasteiger partial charge < -0.3 is 10.2 Å². The van der Waals surface area contributed by atoms with Crippen LogP contribution in [0.5, 0.6) is 0 Å². The van der Waals surface area contributed by atoms with Crippen molar-refractivity contribution >= 4 is 16.8 Å². The van der Waals surface area contributed by atoms with E-state index in [9.17, 15) is 0 Å². The fourth-order valence-corrected chi connectivity index (χ4v) is 2.31. The monoisotopic (exact) mass is 202 g/mol. The Labute approximate surface area is 88.3 Å². The number of nitrogens with two attached hydrogens (primary N) is 1. The normalized spacial score (nSPS) is 17.6. The van der Waals surface area contributed by atoms with E-state index in [0.717, 1.165) is 22.7 Å². The van der Waals surface area contributed by atoms with Gasteiger partial charge in [-0.1, -0.05) is 12.8 Å². The van der Waals surface area contributed by atoms with E-state index in [0.29, 0.717) is 5.92 Å². The Hall–Kier alpha value is -1.51. The highest BCUT2D eigenvalue weighted by atomic mass is 16.3. The Bertz CT molecular complexity index is 483. The van der Waals surface area contributed by atoms with Crippen LogP contribution in [-0.4, -0.2) is 4.98 Å². The van der Waals surface area contributed by atoms with Crippen molar-refractivity contribution in [2.75, 3.05) is 5.73 Å². The number of hydrogen-bond acceptors (Lipinski definition) is 3. The zero-order valence-electron chi connectivity index (χ0n) is 8.57. The van der Waals surface area contributed by atoms with Crippen molar-refractivity contribution in [1.29, 1.82) is 0 Å². The number of nitrogen functional groups attached to an aromatic ring is 1. The minimum atomic E-state index is 0.527. The third-order valence-electron chi connectivity index (χ3n) is 3.13. The van der Waals surface area contributed by atoms with Gasteiger partial charge in [0.2, 0.25) is 0 Å². The molecule has 2 N–H and O–H groups in total. The predicted octanol–water partition coefficient (Wildman–Crippen LogP) is 3.07. The molecule has 0 aliphatic heterocycles. The van der Waals surface area contributed by atoms with E-state index in [4.69, 9.17) is 10.2 Å². The molecule has 0 spiro atoms. The van der Waals surface area contributed by atoms with Crippen LogP contribution in [0.4, 0.5) is 5.69 Å². The Morgan fingerprint density at radius 1 is 1.27 bits per heavy atom. The molecule has 1 aliphatic carbocycles. The molecule has 1 fully saturated rings. The van der Waals surface area contributed by atoms with Gasteiger partial charge in [-0.3, -0.25) is 0 Å². The van der Waals surface area contributed by atoms with Crippen LogP contribution in [0.15, 0.2) is 22.6 Å². The van der Waals surface area contributed by atoms with Crippen LogP contribution >= 0.6 is 0 Å². The molecule has 2 aromatic rings. The molecule has 0 unspecified atom stereocenters. The molecule has 1 heterocycles. The number of oxazole rings is 1. The van der Waals surface area contributed by atoms with Gasteiger partial charge in [-0.25, -0.2) is 4.98 Å². The predicted molar refractivity (Wildman–Crippen MR) is 59.6 cm³/mol. The molecule has 3 heteroatoms. The van der Waals surface area contributed by atoms with Crippen LogP contribution in [0.2, 0.25) is 0 Å². The number of aromatic nitrogens is 1. The van der Waals surface area contributed by atoms with E-state index in [1.807, 2.05) is 18.2 Å². The number of benzene rings is 1. The van der Waals surface area contributed by atoms with Gasteiger partial charge in [0.05, 0.1) is 0 Å². The van der Waals surface area contributed by atoms with Gasteiger partial charge in [-0.05, 0) is 31.0 Å². The molecule has 1 aliphatic rings. The Balaban J connectivity index is 2.05. The molecular formula is C12H14N2O. The molecular weight excluding hydrogens is 188 g/mol. The molecule has 3 nitrogen and oxygen atoms in total. The number of rotatable bonds is 1. The van der Waals surface area contributed by atoms with E-state index in [2.05, 4.69) is 4.98 Å². The Kier molecular flexibility index (Phi) is 1.91. The van der Waals surface area contributed by atoms with Gasteiger partial charge in [0.15, 0.2) is 11.5 Å². The first-order chi connectivity index (χ1) is 7.33. The maximum absolute atomic E-state index is 5.74. The fourth-order valence-electron chi connectivity index (χ4n) is 2.31. The van der Waals surface area contributed by atoms with Crippen molar-refractivity contribution in [3.63, 3.8) is 0 Å². The molecule has 0 bridgehead atoms. The zero-order chi connectivity index (χ0) is 10.3. The third-order valence-corrected chi connectivity index (χ3v) is 3.13. The van der Waals surface area contributed by atoms with Crippen molar-refractivity contribution in [3.05, 3.63) is 24.1 Å². The average Bonchev–Trinajstić information content (AvgIpc) is 2.84. The summed E-state index contributed by atoms with van der Waals surface area (Å²) in [4.78, 5) is 4.51. The van der Waals surface area contributed by atoms with E-state index in [1.165, 1.54) is 25.7 Å². The van der Waals surface area contributed by atoms with Crippen LogP contribution in [-0.2, 0) is 0 Å². The minimum Gasteiger partial charge on any atom is -0.440 e. The number of anilines is 1. The van der Waals surface area contributed by atoms with Crippen LogP contribution in [0, 0.1) is 0 Å². The fraction of sp³-hybridized carbons (Fsp3) is 0.417. The van der Waals surface area contributed by atoms with Gasteiger partial charge in [0.25, 0.3) is 0 Å². The molecule has 0 radical (unpaired) electrons. The minimum absolute atomic E-state index is 0.527. The van der Waals surface area contributed by atoms with E-state index in [1.54, 1.807) is 0 Å². The smallest absolute Gasteiger partial charge is 0.198 e. The third kappa shape index (κ3) is 1.48. The number of nitrogens with zero attached hydrogens (tertiary/aromatic N) is 1. The lowest BCUT2D eigenvalue weighted by molar-refractivity contribution is 0.474. The molecule has 3 rings (SSSR count). The van der Waals surface area contributed by atoms with Gasteiger partial charge in [0.1, 0.15) is 5.52 Å². The van der Waals surface area contributed by atoms with Crippen LogP contribution in [0.3, 0.4) is 0 Å². The van der Waals surface area contributed by atoms with Crippen molar-refractivity contribution in [3.8, 4) is 0 Å². The highest BCUT2D eigenvalue weighted by Crippen LogP contribution is 2.35. The second-order valence-corrected chi connectivity index (χ2v) is 4.26. The van der Waals surface area contributed by atoms with Crippen molar-refractivity contribution < 1.29 is 4.42 Å². The molecule has 1 aromatic heterocycles. The lowest BCUT2D eigenvalue weighted by atomic mass is 10.1. The van der Waals surface area contributed by atoms with Crippen molar-refractivity contribution in [2.24, 2.45) is 0 Å². The van der Waals surface area contributed by atoms with Gasteiger partial charge in [-0.2, -0.15) is 0 Å². The summed E-state index contributed by atoms with van der Waals surface area (Å²) in [5, 5.41) is 0. The number of fused-ring (bicyclic) bond motifs is 1. The Morgan fingerprint density at radius 3 is 2.87 bits per heavy atom. The average molecular weight is 202 g/mol. The maximum Gasteiger partial charge on any atom is 0.198 e. The highest BCUT2D eigenvalue weighted by Gasteiger charge is 2.22. The summed E-state index contributed by atoms with van der Waals surface area (Å²) in [7, 11) is 0. The van der Waals surface area contributed by atoms with E-state index >= 15 is 0 Å². The first-order valence-corrected chi connectivity index (χ1v) is 5.49. The molecule has 0 saturated heterocycles. The number of hydrogen-bond donors (Lipinski definition) is 1. The van der Waals surface area contributed by atoms with Crippen LogP contribution in [0.25, 0.3) is 11.1 Å². The second-order valence-electron chi connectivity index (χ2n) is 4.26. The first-order valence-electron chi connectivity index (χ1n) is 5.49. The summed E-state index contributed by atoms with van der Waals surface area (Å²) in [6.07, 6.45) is 5.02. The summed E-state index contributed by atoms with van der Waals surface area (Å²) >= 11 is 0. The van der Waals surface area contributed by atoms with E-state index in [-0.39, 0.29) is 0 Å². The van der Waals surface area contributed by atoms with Gasteiger partial charge in [0, 0.05) is 11.6 Å². The summed E-state index contributed by atoms with van der Waals surface area (Å²) in [5.74, 6) is 1.42. The lowest BCUT2D eigenvalue weighted by Gasteiger charge is -2.00. The Morgan fingerprint density at radius 2 is 2.07 bits per heavy atom. The molecule has 15 heavy (non-hydrogen) atoms. The zero-order valence-corrected chi connectivity index (χ0v) is 8.57. The van der Waals surface area contributed by atoms with Crippen LogP contribution in [0.1, 0.15) is 37.5 Å². The van der Waals surface area contributed by atoms with Gasteiger partial charge >= 0.3 is 0 Å². The second kappa shape index (κ2) is 3.26. The summed E-state index contributed by atoms with van der Waals surface area (Å²) in [6.45, 7) is 0. The van der Waals surface area contributed by atoms with Crippen molar-refractivity contribution in [1.82, 2.24) is 4.98 Å². The lowest BCUT2D eigenvalue weighted by Crippen LogP contribution is -1.91. The van der Waals surface area contributed by atoms with Crippen LogP contribution < -0.4 is 5.73 Å². The topological polar surface area (TPSA) is 52.0 Å². The molecule has 1 saturated carbocycles. The largest absolute Gasteiger partial charge is 0.440 e. The molecule has 0 atom stereocenters. The maximum atomic E-state index is 5.74.